The maximum atomic E-state index is 13.0. The molecule has 0 radical (unpaired) electrons. The molecule has 0 saturated heterocycles. The zero-order valence-corrected chi connectivity index (χ0v) is 11.6. The molecule has 0 fully saturated rings. The number of halogens is 1. The van der Waals surface area contributed by atoms with Gasteiger partial charge in [-0.05, 0) is 34.7 Å². The van der Waals surface area contributed by atoms with E-state index in [1.165, 1.54) is 18.2 Å². The van der Waals surface area contributed by atoms with Gasteiger partial charge < -0.3 is 5.73 Å². The molecule has 2 aromatic rings. The van der Waals surface area contributed by atoms with Gasteiger partial charge in [-0.1, -0.05) is 12.1 Å². The SMILES string of the molecule is NCc1csc(S(=O)(=O)NCc2cccc(F)c2)c1. The number of nitrogens with one attached hydrogen (secondary N) is 1. The normalized spacial score (nSPS) is 11.7. The molecule has 1 heterocycles. The highest BCUT2D eigenvalue weighted by atomic mass is 32.2. The van der Waals surface area contributed by atoms with E-state index in [0.29, 0.717) is 12.1 Å². The molecular weight excluding hydrogens is 287 g/mol. The Hall–Kier alpha value is -1.28. The fourth-order valence-electron chi connectivity index (χ4n) is 1.50. The fourth-order valence-corrected chi connectivity index (χ4v) is 3.78. The fraction of sp³-hybridized carbons (Fsp3) is 0.167. The second-order valence-electron chi connectivity index (χ2n) is 3.93. The zero-order valence-electron chi connectivity index (χ0n) is 9.97. The summed E-state index contributed by atoms with van der Waals surface area (Å²) in [5.74, 6) is -0.391. The Kier molecular flexibility index (Phi) is 4.31. The molecule has 0 aliphatic heterocycles. The standard InChI is InChI=1S/C12H13FN2O2S2/c13-11-3-1-2-9(4-11)7-15-19(16,17)12-5-10(6-14)8-18-12/h1-5,8,15H,6-7,14H2. The topological polar surface area (TPSA) is 72.2 Å². The van der Waals surface area contributed by atoms with Crippen molar-refractivity contribution in [1.29, 1.82) is 0 Å². The summed E-state index contributed by atoms with van der Waals surface area (Å²) in [6.45, 7) is 0.353. The monoisotopic (exact) mass is 300 g/mol. The predicted octanol–water partition coefficient (Wildman–Crippen LogP) is 1.82. The second kappa shape index (κ2) is 5.79. The molecule has 0 amide bonds. The summed E-state index contributed by atoms with van der Waals surface area (Å²) < 4.78 is 39.6. The van der Waals surface area contributed by atoms with Crippen molar-refractivity contribution in [3.63, 3.8) is 0 Å². The number of sulfonamides is 1. The quantitative estimate of drug-likeness (QED) is 0.885. The van der Waals surface area contributed by atoms with E-state index in [-0.39, 0.29) is 10.8 Å². The molecule has 0 atom stereocenters. The van der Waals surface area contributed by atoms with Crippen molar-refractivity contribution in [1.82, 2.24) is 4.72 Å². The van der Waals surface area contributed by atoms with Gasteiger partial charge >= 0.3 is 0 Å². The average molecular weight is 300 g/mol. The largest absolute Gasteiger partial charge is 0.326 e. The molecule has 0 spiro atoms. The Balaban J connectivity index is 2.09. The van der Waals surface area contributed by atoms with Crippen molar-refractivity contribution in [3.8, 4) is 0 Å². The molecule has 1 aromatic heterocycles. The molecule has 102 valence electrons. The lowest BCUT2D eigenvalue weighted by Crippen LogP contribution is -2.22. The van der Waals surface area contributed by atoms with Gasteiger partial charge in [0.1, 0.15) is 10.0 Å². The Labute approximate surface area is 115 Å². The average Bonchev–Trinajstić information content (AvgIpc) is 2.86. The van der Waals surface area contributed by atoms with Crippen LogP contribution in [0.3, 0.4) is 0 Å². The number of rotatable bonds is 5. The van der Waals surface area contributed by atoms with Gasteiger partial charge in [-0.25, -0.2) is 17.5 Å². The van der Waals surface area contributed by atoms with Crippen LogP contribution in [0.1, 0.15) is 11.1 Å². The maximum absolute atomic E-state index is 13.0. The van der Waals surface area contributed by atoms with Gasteiger partial charge in [-0.15, -0.1) is 11.3 Å². The van der Waals surface area contributed by atoms with Gasteiger partial charge in [-0.2, -0.15) is 0 Å². The molecule has 0 unspecified atom stereocenters. The summed E-state index contributed by atoms with van der Waals surface area (Å²) in [7, 11) is -3.57. The van der Waals surface area contributed by atoms with Gasteiger partial charge in [0.15, 0.2) is 0 Å². The number of hydrogen-bond donors (Lipinski definition) is 2. The van der Waals surface area contributed by atoms with Crippen LogP contribution in [0.15, 0.2) is 39.9 Å². The summed E-state index contributed by atoms with van der Waals surface area (Å²) in [5.41, 5.74) is 6.78. The lowest BCUT2D eigenvalue weighted by Gasteiger charge is -2.04. The van der Waals surface area contributed by atoms with Crippen LogP contribution in [0.2, 0.25) is 0 Å². The van der Waals surface area contributed by atoms with Crippen LogP contribution in [0.5, 0.6) is 0 Å². The van der Waals surface area contributed by atoms with Crippen molar-refractivity contribution in [2.24, 2.45) is 5.73 Å². The van der Waals surface area contributed by atoms with Gasteiger partial charge in [0.05, 0.1) is 0 Å². The molecule has 0 aliphatic carbocycles. The predicted molar refractivity (Wildman–Crippen MR) is 72.6 cm³/mol. The molecular formula is C12H13FN2O2S2. The molecule has 7 heteroatoms. The van der Waals surface area contributed by atoms with Crippen molar-refractivity contribution in [2.45, 2.75) is 17.3 Å². The van der Waals surface area contributed by atoms with E-state index in [1.54, 1.807) is 17.5 Å². The minimum atomic E-state index is -3.57. The lowest BCUT2D eigenvalue weighted by molar-refractivity contribution is 0.582. The smallest absolute Gasteiger partial charge is 0.250 e. The van der Waals surface area contributed by atoms with Gasteiger partial charge in [0.2, 0.25) is 10.0 Å². The van der Waals surface area contributed by atoms with E-state index in [4.69, 9.17) is 5.73 Å². The summed E-state index contributed by atoms with van der Waals surface area (Å²) >= 11 is 1.11. The van der Waals surface area contributed by atoms with Crippen LogP contribution in [0.4, 0.5) is 4.39 Å². The number of nitrogens with two attached hydrogens (primary N) is 1. The Morgan fingerprint density at radius 3 is 2.68 bits per heavy atom. The van der Waals surface area contributed by atoms with Crippen LogP contribution >= 0.6 is 11.3 Å². The molecule has 3 N–H and O–H groups in total. The van der Waals surface area contributed by atoms with E-state index >= 15 is 0 Å². The first kappa shape index (κ1) is 14.1. The number of thiophene rings is 1. The number of benzene rings is 1. The Bertz CT molecular complexity index is 668. The highest BCUT2D eigenvalue weighted by molar-refractivity contribution is 7.91. The minimum absolute atomic E-state index is 0.0515. The van der Waals surface area contributed by atoms with Crippen LogP contribution in [-0.4, -0.2) is 8.42 Å². The summed E-state index contributed by atoms with van der Waals surface area (Å²) in [4.78, 5) is 0. The first-order valence-corrected chi connectivity index (χ1v) is 7.89. The Morgan fingerprint density at radius 2 is 2.05 bits per heavy atom. The first-order chi connectivity index (χ1) is 9.01. The van der Waals surface area contributed by atoms with Crippen molar-refractivity contribution in [3.05, 3.63) is 52.7 Å². The Morgan fingerprint density at radius 1 is 1.26 bits per heavy atom. The minimum Gasteiger partial charge on any atom is -0.326 e. The van der Waals surface area contributed by atoms with Crippen LogP contribution in [0, 0.1) is 5.82 Å². The summed E-state index contributed by atoms with van der Waals surface area (Å²) in [6, 6.07) is 7.34. The van der Waals surface area contributed by atoms with Crippen molar-refractivity contribution < 1.29 is 12.8 Å². The number of hydrogen-bond acceptors (Lipinski definition) is 4. The first-order valence-electron chi connectivity index (χ1n) is 5.53. The summed E-state index contributed by atoms with van der Waals surface area (Å²) in [6.07, 6.45) is 0. The molecule has 1 aromatic carbocycles. The lowest BCUT2D eigenvalue weighted by atomic mass is 10.2. The summed E-state index contributed by atoms with van der Waals surface area (Å²) in [5, 5.41) is 1.71. The van der Waals surface area contributed by atoms with Crippen molar-refractivity contribution >= 4 is 21.4 Å². The molecule has 0 bridgehead atoms. The van der Waals surface area contributed by atoms with Crippen LogP contribution in [-0.2, 0) is 23.1 Å². The van der Waals surface area contributed by atoms with E-state index in [0.717, 1.165) is 16.9 Å². The van der Waals surface area contributed by atoms with Gasteiger partial charge in [0, 0.05) is 13.1 Å². The van der Waals surface area contributed by atoms with Gasteiger partial charge in [-0.3, -0.25) is 0 Å². The van der Waals surface area contributed by atoms with E-state index in [9.17, 15) is 12.8 Å². The second-order valence-corrected chi connectivity index (χ2v) is 6.84. The zero-order chi connectivity index (χ0) is 13.9. The van der Waals surface area contributed by atoms with E-state index < -0.39 is 15.8 Å². The third-order valence-corrected chi connectivity index (χ3v) is 5.38. The maximum Gasteiger partial charge on any atom is 0.250 e. The highest BCUT2D eigenvalue weighted by Gasteiger charge is 2.16. The third kappa shape index (κ3) is 3.60. The molecule has 2 rings (SSSR count). The molecule has 19 heavy (non-hydrogen) atoms. The van der Waals surface area contributed by atoms with E-state index in [1.807, 2.05) is 0 Å². The van der Waals surface area contributed by atoms with Gasteiger partial charge in [0.25, 0.3) is 0 Å². The molecule has 0 saturated carbocycles. The van der Waals surface area contributed by atoms with Crippen LogP contribution < -0.4 is 10.5 Å². The molecule has 4 nitrogen and oxygen atoms in total. The van der Waals surface area contributed by atoms with E-state index in [2.05, 4.69) is 4.72 Å². The van der Waals surface area contributed by atoms with Crippen molar-refractivity contribution in [2.75, 3.05) is 0 Å². The van der Waals surface area contributed by atoms with Crippen LogP contribution in [0.25, 0.3) is 0 Å². The highest BCUT2D eigenvalue weighted by Crippen LogP contribution is 2.20. The third-order valence-electron chi connectivity index (χ3n) is 2.49. The molecule has 0 aliphatic rings.